The molecule has 2 saturated heterocycles. The highest BCUT2D eigenvalue weighted by atomic mass is 32.1. The number of likely N-dealkylation sites (tertiary alicyclic amines) is 2. The largest absolute Gasteiger partial charge is 0.393 e. The molecular formula is C17H24N2O3S. The van der Waals surface area contributed by atoms with Gasteiger partial charge in [0.2, 0.25) is 5.91 Å². The van der Waals surface area contributed by atoms with Crippen LogP contribution in [0, 0.1) is 11.8 Å². The Bertz CT molecular complexity index is 558. The molecule has 3 heterocycles. The second kappa shape index (κ2) is 7.01. The van der Waals surface area contributed by atoms with Crippen molar-refractivity contribution < 1.29 is 14.7 Å². The van der Waals surface area contributed by atoms with Gasteiger partial charge in [0.1, 0.15) is 0 Å². The summed E-state index contributed by atoms with van der Waals surface area (Å²) in [5.41, 5.74) is 0. The molecule has 23 heavy (non-hydrogen) atoms. The van der Waals surface area contributed by atoms with Crippen molar-refractivity contribution in [2.24, 2.45) is 11.8 Å². The SMILES string of the molecule is CC(O)C1CCN(C(=O)C2CCCN(C(=O)c3cccs3)C2)C1. The van der Waals surface area contributed by atoms with Crippen LogP contribution >= 0.6 is 11.3 Å². The average molecular weight is 336 g/mol. The fourth-order valence-corrected chi connectivity index (χ4v) is 4.25. The van der Waals surface area contributed by atoms with Crippen molar-refractivity contribution in [3.63, 3.8) is 0 Å². The molecule has 3 unspecified atom stereocenters. The third-order valence-electron chi connectivity index (χ3n) is 5.01. The van der Waals surface area contributed by atoms with Gasteiger partial charge in [-0.05, 0) is 37.6 Å². The molecule has 2 aliphatic heterocycles. The molecule has 0 aliphatic carbocycles. The van der Waals surface area contributed by atoms with Crippen LogP contribution < -0.4 is 0 Å². The first-order valence-electron chi connectivity index (χ1n) is 8.36. The molecule has 2 aliphatic rings. The van der Waals surface area contributed by atoms with Crippen LogP contribution in [-0.4, -0.2) is 59.0 Å². The number of carbonyl (C=O) groups is 2. The molecule has 0 saturated carbocycles. The number of hydrogen-bond acceptors (Lipinski definition) is 4. The molecule has 0 bridgehead atoms. The molecule has 2 fully saturated rings. The normalized spacial score (nSPS) is 26.3. The van der Waals surface area contributed by atoms with E-state index in [4.69, 9.17) is 0 Å². The van der Waals surface area contributed by atoms with Gasteiger partial charge in [-0.2, -0.15) is 0 Å². The first kappa shape index (κ1) is 16.5. The quantitative estimate of drug-likeness (QED) is 0.916. The van der Waals surface area contributed by atoms with Gasteiger partial charge in [-0.15, -0.1) is 11.3 Å². The van der Waals surface area contributed by atoms with Crippen molar-refractivity contribution in [2.75, 3.05) is 26.2 Å². The van der Waals surface area contributed by atoms with E-state index < -0.39 is 0 Å². The van der Waals surface area contributed by atoms with E-state index in [0.717, 1.165) is 37.2 Å². The van der Waals surface area contributed by atoms with Crippen LogP contribution in [0.3, 0.4) is 0 Å². The summed E-state index contributed by atoms with van der Waals surface area (Å²) in [5.74, 6) is 0.282. The lowest BCUT2D eigenvalue weighted by molar-refractivity contribution is -0.136. The maximum absolute atomic E-state index is 12.7. The van der Waals surface area contributed by atoms with E-state index in [1.54, 1.807) is 6.92 Å². The highest BCUT2D eigenvalue weighted by molar-refractivity contribution is 7.12. The van der Waals surface area contributed by atoms with Gasteiger partial charge in [-0.3, -0.25) is 9.59 Å². The molecule has 126 valence electrons. The Morgan fingerprint density at radius 2 is 2.09 bits per heavy atom. The lowest BCUT2D eigenvalue weighted by atomic mass is 9.96. The van der Waals surface area contributed by atoms with Crippen molar-refractivity contribution in [2.45, 2.75) is 32.3 Å². The van der Waals surface area contributed by atoms with Crippen molar-refractivity contribution >= 4 is 23.2 Å². The predicted molar refractivity (Wildman–Crippen MR) is 89.3 cm³/mol. The predicted octanol–water partition coefficient (Wildman–Crippen LogP) is 1.83. The zero-order chi connectivity index (χ0) is 16.4. The topological polar surface area (TPSA) is 60.9 Å². The number of amides is 2. The van der Waals surface area contributed by atoms with Gasteiger partial charge in [0.15, 0.2) is 0 Å². The van der Waals surface area contributed by atoms with E-state index >= 15 is 0 Å². The van der Waals surface area contributed by atoms with Gasteiger partial charge in [0.25, 0.3) is 5.91 Å². The monoisotopic (exact) mass is 336 g/mol. The van der Waals surface area contributed by atoms with E-state index in [9.17, 15) is 14.7 Å². The molecular weight excluding hydrogens is 312 g/mol. The lowest BCUT2D eigenvalue weighted by Crippen LogP contribution is -2.46. The number of piperidine rings is 1. The first-order valence-corrected chi connectivity index (χ1v) is 9.24. The Balaban J connectivity index is 1.60. The second-order valence-electron chi connectivity index (χ2n) is 6.64. The summed E-state index contributed by atoms with van der Waals surface area (Å²) in [6, 6.07) is 3.72. The Labute approximate surface area is 140 Å². The molecule has 5 nitrogen and oxygen atoms in total. The van der Waals surface area contributed by atoms with Crippen LogP contribution in [-0.2, 0) is 4.79 Å². The maximum atomic E-state index is 12.7. The van der Waals surface area contributed by atoms with E-state index in [1.807, 2.05) is 27.3 Å². The van der Waals surface area contributed by atoms with Crippen molar-refractivity contribution in [3.05, 3.63) is 22.4 Å². The number of rotatable bonds is 3. The summed E-state index contributed by atoms with van der Waals surface area (Å²) < 4.78 is 0. The summed E-state index contributed by atoms with van der Waals surface area (Å²) in [7, 11) is 0. The van der Waals surface area contributed by atoms with Gasteiger partial charge in [-0.25, -0.2) is 0 Å². The summed E-state index contributed by atoms with van der Waals surface area (Å²) in [5, 5.41) is 11.6. The summed E-state index contributed by atoms with van der Waals surface area (Å²) in [4.78, 5) is 29.6. The van der Waals surface area contributed by atoms with E-state index in [0.29, 0.717) is 13.1 Å². The molecule has 3 rings (SSSR count). The third-order valence-corrected chi connectivity index (χ3v) is 5.87. The Kier molecular flexibility index (Phi) is 5.02. The fraction of sp³-hybridized carbons (Fsp3) is 0.647. The lowest BCUT2D eigenvalue weighted by Gasteiger charge is -2.33. The van der Waals surface area contributed by atoms with Crippen LogP contribution in [0.4, 0.5) is 0 Å². The molecule has 6 heteroatoms. The fourth-order valence-electron chi connectivity index (χ4n) is 3.56. The minimum absolute atomic E-state index is 0.0424. The highest BCUT2D eigenvalue weighted by Gasteiger charge is 2.35. The molecule has 2 amide bonds. The number of thiophene rings is 1. The minimum Gasteiger partial charge on any atom is -0.393 e. The van der Waals surface area contributed by atoms with E-state index in [1.165, 1.54) is 11.3 Å². The number of aliphatic hydroxyl groups excluding tert-OH is 1. The summed E-state index contributed by atoms with van der Waals surface area (Å²) in [6.07, 6.45) is 2.23. The summed E-state index contributed by atoms with van der Waals surface area (Å²) in [6.45, 7) is 4.42. The molecule has 1 aromatic rings. The van der Waals surface area contributed by atoms with Crippen LogP contribution in [0.25, 0.3) is 0 Å². The number of nitrogens with zero attached hydrogens (tertiary/aromatic N) is 2. The van der Waals surface area contributed by atoms with Crippen molar-refractivity contribution in [1.29, 1.82) is 0 Å². The number of aliphatic hydroxyl groups is 1. The van der Waals surface area contributed by atoms with Crippen molar-refractivity contribution in [3.8, 4) is 0 Å². The highest BCUT2D eigenvalue weighted by Crippen LogP contribution is 2.26. The molecule has 0 radical (unpaired) electrons. The van der Waals surface area contributed by atoms with Gasteiger partial charge >= 0.3 is 0 Å². The van der Waals surface area contributed by atoms with Gasteiger partial charge < -0.3 is 14.9 Å². The Morgan fingerprint density at radius 1 is 1.26 bits per heavy atom. The van der Waals surface area contributed by atoms with Crippen molar-refractivity contribution in [1.82, 2.24) is 9.80 Å². The Hall–Kier alpha value is -1.40. The van der Waals surface area contributed by atoms with Gasteiger partial charge in [0.05, 0.1) is 16.9 Å². The molecule has 0 spiro atoms. The first-order chi connectivity index (χ1) is 11.1. The van der Waals surface area contributed by atoms with Crippen LogP contribution in [0.15, 0.2) is 17.5 Å². The van der Waals surface area contributed by atoms with Crippen LogP contribution in [0.5, 0.6) is 0 Å². The maximum Gasteiger partial charge on any atom is 0.263 e. The summed E-state index contributed by atoms with van der Waals surface area (Å²) >= 11 is 1.45. The number of carbonyl (C=O) groups excluding carboxylic acids is 2. The van der Waals surface area contributed by atoms with Gasteiger partial charge in [-0.1, -0.05) is 6.07 Å². The van der Waals surface area contributed by atoms with Crippen LogP contribution in [0.2, 0.25) is 0 Å². The standard InChI is InChI=1S/C17H24N2O3S/c1-12(20)13-6-8-19(10-13)16(21)14-4-2-7-18(11-14)17(22)15-5-3-9-23-15/h3,5,9,12-14,20H,2,4,6-8,10-11H2,1H3. The van der Waals surface area contributed by atoms with Gasteiger partial charge in [0, 0.05) is 32.1 Å². The zero-order valence-electron chi connectivity index (χ0n) is 13.5. The Morgan fingerprint density at radius 3 is 2.74 bits per heavy atom. The molecule has 0 aromatic carbocycles. The van der Waals surface area contributed by atoms with E-state index in [-0.39, 0.29) is 29.8 Å². The molecule has 1 aromatic heterocycles. The average Bonchev–Trinajstić information content (AvgIpc) is 3.25. The molecule has 3 atom stereocenters. The minimum atomic E-state index is -0.365. The van der Waals surface area contributed by atoms with Crippen LogP contribution in [0.1, 0.15) is 35.9 Å². The zero-order valence-corrected chi connectivity index (χ0v) is 14.3. The molecule has 1 N–H and O–H groups in total. The van der Waals surface area contributed by atoms with E-state index in [2.05, 4.69) is 0 Å². The smallest absolute Gasteiger partial charge is 0.263 e. The second-order valence-corrected chi connectivity index (χ2v) is 7.59. The third kappa shape index (κ3) is 3.58. The number of hydrogen-bond donors (Lipinski definition) is 1.